The summed E-state index contributed by atoms with van der Waals surface area (Å²) < 4.78 is 5.36. The van der Waals surface area contributed by atoms with E-state index in [4.69, 9.17) is 4.74 Å². The molecule has 6 heteroatoms. The Bertz CT molecular complexity index is 752. The molecule has 1 saturated heterocycles. The van der Waals surface area contributed by atoms with Gasteiger partial charge < -0.3 is 19.6 Å². The molecule has 6 nitrogen and oxygen atoms in total. The van der Waals surface area contributed by atoms with Crippen LogP contribution >= 0.6 is 0 Å². The predicted octanol–water partition coefficient (Wildman–Crippen LogP) is 2.01. The van der Waals surface area contributed by atoms with Crippen LogP contribution in [0.4, 0.5) is 11.6 Å². The lowest BCUT2D eigenvalue weighted by Crippen LogP contribution is -2.34. The molecule has 0 bridgehead atoms. The van der Waals surface area contributed by atoms with Crippen molar-refractivity contribution in [3.63, 3.8) is 0 Å². The van der Waals surface area contributed by atoms with Gasteiger partial charge in [0.15, 0.2) is 0 Å². The van der Waals surface area contributed by atoms with E-state index >= 15 is 0 Å². The van der Waals surface area contributed by atoms with E-state index in [1.807, 2.05) is 6.07 Å². The summed E-state index contributed by atoms with van der Waals surface area (Å²) in [5, 5.41) is 9.57. The summed E-state index contributed by atoms with van der Waals surface area (Å²) in [5.41, 5.74) is 2.67. The number of methoxy groups -OCH3 is 1. The van der Waals surface area contributed by atoms with Gasteiger partial charge in [-0.15, -0.1) is 0 Å². The standard InChI is InChI=1S/C19H24N4O2/c1-25-17-5-4-14-6-8-22(11-15(14)9-17)18-10-19(21-13-20-18)23-7-2-3-16(23)12-24/h4-5,9-10,13,16,24H,2-3,6-8,11-12H2,1H3/t16-/m1/s1. The summed E-state index contributed by atoms with van der Waals surface area (Å²) in [5.74, 6) is 2.76. The second-order valence-corrected chi connectivity index (χ2v) is 6.71. The Morgan fingerprint density at radius 1 is 1.16 bits per heavy atom. The van der Waals surface area contributed by atoms with E-state index in [-0.39, 0.29) is 12.6 Å². The SMILES string of the molecule is COc1ccc2c(c1)CN(c1cc(N3CCC[C@@H]3CO)ncn1)CC2. The average molecular weight is 340 g/mol. The molecule has 0 radical (unpaired) electrons. The van der Waals surface area contributed by atoms with Crippen LogP contribution in [0, 0.1) is 0 Å². The molecule has 0 saturated carbocycles. The lowest BCUT2D eigenvalue weighted by atomic mass is 9.99. The molecule has 132 valence electrons. The Labute approximate surface area is 148 Å². The number of rotatable bonds is 4. The van der Waals surface area contributed by atoms with Crippen molar-refractivity contribution in [2.24, 2.45) is 0 Å². The van der Waals surface area contributed by atoms with Gasteiger partial charge in [0.05, 0.1) is 19.8 Å². The maximum Gasteiger partial charge on any atom is 0.134 e. The summed E-state index contributed by atoms with van der Waals surface area (Å²) in [7, 11) is 1.70. The number of nitrogens with zero attached hydrogens (tertiary/aromatic N) is 4. The van der Waals surface area contributed by atoms with Crippen LogP contribution in [0.15, 0.2) is 30.6 Å². The number of anilines is 2. The van der Waals surface area contributed by atoms with Gasteiger partial charge in [0.2, 0.25) is 0 Å². The first-order chi connectivity index (χ1) is 12.3. The smallest absolute Gasteiger partial charge is 0.134 e. The molecular weight excluding hydrogens is 316 g/mol. The van der Waals surface area contributed by atoms with Crippen molar-refractivity contribution < 1.29 is 9.84 Å². The monoisotopic (exact) mass is 340 g/mol. The van der Waals surface area contributed by atoms with Crippen LogP contribution < -0.4 is 14.5 Å². The summed E-state index contributed by atoms with van der Waals surface area (Å²) in [6, 6.07) is 8.53. The first kappa shape index (κ1) is 16.1. The highest BCUT2D eigenvalue weighted by Gasteiger charge is 2.26. The topological polar surface area (TPSA) is 61.7 Å². The molecule has 3 heterocycles. The Hall–Kier alpha value is -2.34. The first-order valence-electron chi connectivity index (χ1n) is 8.89. The molecular formula is C19H24N4O2. The predicted molar refractivity (Wildman–Crippen MR) is 97.2 cm³/mol. The minimum Gasteiger partial charge on any atom is -0.497 e. The van der Waals surface area contributed by atoms with Crippen LogP contribution in [0.5, 0.6) is 5.75 Å². The van der Waals surface area contributed by atoms with E-state index in [2.05, 4.69) is 38.0 Å². The molecule has 0 unspecified atom stereocenters. The highest BCUT2D eigenvalue weighted by atomic mass is 16.5. The van der Waals surface area contributed by atoms with Crippen LogP contribution in [-0.2, 0) is 13.0 Å². The van der Waals surface area contributed by atoms with Gasteiger partial charge in [-0.3, -0.25) is 0 Å². The number of hydrogen-bond donors (Lipinski definition) is 1. The third kappa shape index (κ3) is 3.14. The van der Waals surface area contributed by atoms with Crippen molar-refractivity contribution in [2.45, 2.75) is 31.8 Å². The summed E-state index contributed by atoms with van der Waals surface area (Å²) in [6.45, 7) is 2.89. The van der Waals surface area contributed by atoms with E-state index in [0.29, 0.717) is 0 Å². The van der Waals surface area contributed by atoms with Gasteiger partial charge in [-0.1, -0.05) is 6.07 Å². The van der Waals surface area contributed by atoms with Gasteiger partial charge in [0.1, 0.15) is 23.7 Å². The molecule has 2 aromatic rings. The number of fused-ring (bicyclic) bond motifs is 1. The molecule has 0 amide bonds. The highest BCUT2D eigenvalue weighted by Crippen LogP contribution is 2.29. The van der Waals surface area contributed by atoms with Crippen LogP contribution in [0.25, 0.3) is 0 Å². The number of hydrogen-bond acceptors (Lipinski definition) is 6. The van der Waals surface area contributed by atoms with Crippen molar-refractivity contribution >= 4 is 11.6 Å². The zero-order valence-electron chi connectivity index (χ0n) is 14.6. The molecule has 2 aliphatic rings. The third-order valence-electron chi connectivity index (χ3n) is 5.27. The molecule has 1 fully saturated rings. The number of aromatic nitrogens is 2. The largest absolute Gasteiger partial charge is 0.497 e. The quantitative estimate of drug-likeness (QED) is 0.919. The zero-order valence-corrected chi connectivity index (χ0v) is 14.6. The van der Waals surface area contributed by atoms with Crippen molar-refractivity contribution in [3.05, 3.63) is 41.7 Å². The summed E-state index contributed by atoms with van der Waals surface area (Å²) in [6.07, 6.45) is 4.76. The van der Waals surface area contributed by atoms with E-state index in [1.165, 1.54) is 11.1 Å². The van der Waals surface area contributed by atoms with E-state index in [9.17, 15) is 5.11 Å². The maximum atomic E-state index is 9.57. The van der Waals surface area contributed by atoms with Crippen LogP contribution in [0.1, 0.15) is 24.0 Å². The molecule has 2 aliphatic heterocycles. The highest BCUT2D eigenvalue weighted by molar-refractivity contribution is 5.53. The number of aliphatic hydroxyl groups excluding tert-OH is 1. The van der Waals surface area contributed by atoms with E-state index in [0.717, 1.165) is 56.3 Å². The lowest BCUT2D eigenvalue weighted by Gasteiger charge is -2.31. The fraction of sp³-hybridized carbons (Fsp3) is 0.474. The molecule has 4 rings (SSSR count). The molecule has 25 heavy (non-hydrogen) atoms. The number of benzene rings is 1. The molecule has 0 aliphatic carbocycles. The second-order valence-electron chi connectivity index (χ2n) is 6.71. The van der Waals surface area contributed by atoms with Gasteiger partial charge in [-0.05, 0) is 42.5 Å². The van der Waals surface area contributed by atoms with Crippen LogP contribution in [0.2, 0.25) is 0 Å². The molecule has 1 aromatic heterocycles. The zero-order chi connectivity index (χ0) is 17.2. The van der Waals surface area contributed by atoms with E-state index in [1.54, 1.807) is 13.4 Å². The van der Waals surface area contributed by atoms with Crippen LogP contribution in [0.3, 0.4) is 0 Å². The fourth-order valence-corrected chi connectivity index (χ4v) is 3.85. The maximum absolute atomic E-state index is 9.57. The van der Waals surface area contributed by atoms with Crippen molar-refractivity contribution in [1.82, 2.24) is 9.97 Å². The van der Waals surface area contributed by atoms with Gasteiger partial charge in [0.25, 0.3) is 0 Å². The molecule has 1 atom stereocenters. The van der Waals surface area contributed by atoms with Gasteiger partial charge in [-0.25, -0.2) is 9.97 Å². The Morgan fingerprint density at radius 3 is 2.88 bits per heavy atom. The van der Waals surface area contributed by atoms with Gasteiger partial charge in [-0.2, -0.15) is 0 Å². The minimum absolute atomic E-state index is 0.175. The average Bonchev–Trinajstić information content (AvgIpc) is 3.16. The third-order valence-corrected chi connectivity index (χ3v) is 5.27. The van der Waals surface area contributed by atoms with Crippen molar-refractivity contribution in [3.8, 4) is 5.75 Å². The molecule has 0 spiro atoms. The van der Waals surface area contributed by atoms with Crippen molar-refractivity contribution in [1.29, 1.82) is 0 Å². The first-order valence-corrected chi connectivity index (χ1v) is 8.89. The molecule has 1 aromatic carbocycles. The van der Waals surface area contributed by atoms with E-state index < -0.39 is 0 Å². The van der Waals surface area contributed by atoms with Crippen molar-refractivity contribution in [2.75, 3.05) is 36.6 Å². The Balaban J connectivity index is 1.57. The number of ether oxygens (including phenoxy) is 1. The summed E-state index contributed by atoms with van der Waals surface area (Å²) >= 11 is 0. The van der Waals surface area contributed by atoms with Gasteiger partial charge >= 0.3 is 0 Å². The lowest BCUT2D eigenvalue weighted by molar-refractivity contribution is 0.266. The molecule has 1 N–H and O–H groups in total. The normalized spacial score (nSPS) is 19.8. The second kappa shape index (κ2) is 6.88. The minimum atomic E-state index is 0.175. The van der Waals surface area contributed by atoms with Gasteiger partial charge in [0, 0.05) is 25.7 Å². The number of aliphatic hydroxyl groups is 1. The Kier molecular flexibility index (Phi) is 4.44. The Morgan fingerprint density at radius 2 is 2.04 bits per heavy atom. The fourth-order valence-electron chi connectivity index (χ4n) is 3.85. The summed E-state index contributed by atoms with van der Waals surface area (Å²) in [4.78, 5) is 13.4. The van der Waals surface area contributed by atoms with Crippen LogP contribution in [-0.4, -0.2) is 47.9 Å².